The van der Waals surface area contributed by atoms with E-state index in [0.29, 0.717) is 18.1 Å². The molecule has 4 aromatic rings. The van der Waals surface area contributed by atoms with Crippen molar-refractivity contribution in [2.24, 2.45) is 0 Å². The minimum atomic E-state index is -0.0304. The van der Waals surface area contributed by atoms with Crippen molar-refractivity contribution in [2.45, 2.75) is 6.61 Å². The molecule has 0 spiro atoms. The van der Waals surface area contributed by atoms with E-state index >= 15 is 0 Å². The normalized spacial score (nSPS) is 10.7. The van der Waals surface area contributed by atoms with Gasteiger partial charge in [-0.15, -0.1) is 10.2 Å². The van der Waals surface area contributed by atoms with E-state index < -0.39 is 0 Å². The van der Waals surface area contributed by atoms with Crippen LogP contribution in [0.2, 0.25) is 0 Å². The summed E-state index contributed by atoms with van der Waals surface area (Å²) in [6.07, 6.45) is 0. The fourth-order valence-corrected chi connectivity index (χ4v) is 3.15. The Hall–Kier alpha value is -3.73. The average Bonchev–Trinajstić information content (AvgIpc) is 2.77. The monoisotopic (exact) mass is 383 g/mol. The van der Waals surface area contributed by atoms with Crippen LogP contribution in [0.3, 0.4) is 0 Å². The molecule has 5 nitrogen and oxygen atoms in total. The van der Waals surface area contributed by atoms with Gasteiger partial charge < -0.3 is 9.64 Å². The van der Waals surface area contributed by atoms with Gasteiger partial charge in [-0.3, -0.25) is 4.79 Å². The Morgan fingerprint density at radius 2 is 1.48 bits per heavy atom. The van der Waals surface area contributed by atoms with Crippen LogP contribution in [0.15, 0.2) is 78.9 Å². The zero-order valence-corrected chi connectivity index (χ0v) is 16.4. The van der Waals surface area contributed by atoms with E-state index in [4.69, 9.17) is 4.74 Å². The molecule has 0 fully saturated rings. The molecule has 3 aromatic carbocycles. The van der Waals surface area contributed by atoms with Crippen LogP contribution in [-0.4, -0.2) is 35.1 Å². The predicted molar refractivity (Wildman–Crippen MR) is 114 cm³/mol. The molecule has 0 aliphatic rings. The van der Waals surface area contributed by atoms with Gasteiger partial charge in [0.2, 0.25) is 5.88 Å². The molecule has 0 saturated carbocycles. The van der Waals surface area contributed by atoms with Crippen molar-refractivity contribution >= 4 is 16.7 Å². The van der Waals surface area contributed by atoms with E-state index in [2.05, 4.69) is 10.2 Å². The third-order valence-electron chi connectivity index (χ3n) is 4.68. The number of rotatable bonds is 5. The molecule has 5 heteroatoms. The molecule has 1 amide bonds. The first-order chi connectivity index (χ1) is 14.1. The largest absolute Gasteiger partial charge is 0.471 e. The van der Waals surface area contributed by atoms with Gasteiger partial charge in [-0.05, 0) is 23.8 Å². The summed E-state index contributed by atoms with van der Waals surface area (Å²) in [6.45, 7) is 0.431. The number of aromatic nitrogens is 2. The zero-order chi connectivity index (χ0) is 20.2. The lowest BCUT2D eigenvalue weighted by molar-refractivity contribution is 0.0827. The Labute approximate surface area is 169 Å². The van der Waals surface area contributed by atoms with Crippen LogP contribution in [0.1, 0.15) is 15.9 Å². The lowest BCUT2D eigenvalue weighted by Gasteiger charge is -2.12. The number of amides is 1. The third kappa shape index (κ3) is 3.94. The quantitative estimate of drug-likeness (QED) is 0.506. The second-order valence-corrected chi connectivity index (χ2v) is 6.95. The number of hydrogen-bond acceptors (Lipinski definition) is 4. The Balaban J connectivity index is 1.67. The van der Waals surface area contributed by atoms with Crippen molar-refractivity contribution in [3.8, 4) is 17.1 Å². The van der Waals surface area contributed by atoms with E-state index in [1.807, 2.05) is 78.9 Å². The summed E-state index contributed by atoms with van der Waals surface area (Å²) in [4.78, 5) is 13.7. The van der Waals surface area contributed by atoms with Crippen LogP contribution in [0, 0.1) is 0 Å². The molecule has 29 heavy (non-hydrogen) atoms. The van der Waals surface area contributed by atoms with Gasteiger partial charge in [0.15, 0.2) is 0 Å². The Kier molecular flexibility index (Phi) is 5.20. The van der Waals surface area contributed by atoms with Crippen molar-refractivity contribution in [1.82, 2.24) is 15.1 Å². The van der Waals surface area contributed by atoms with Gasteiger partial charge in [0.1, 0.15) is 12.3 Å². The highest BCUT2D eigenvalue weighted by atomic mass is 16.5. The van der Waals surface area contributed by atoms with Crippen LogP contribution >= 0.6 is 0 Å². The van der Waals surface area contributed by atoms with E-state index in [1.54, 1.807) is 19.0 Å². The van der Waals surface area contributed by atoms with E-state index in [1.165, 1.54) is 0 Å². The highest BCUT2D eigenvalue weighted by Crippen LogP contribution is 2.31. The second-order valence-electron chi connectivity index (χ2n) is 6.95. The molecule has 0 radical (unpaired) electrons. The minimum Gasteiger partial charge on any atom is -0.471 e. The van der Waals surface area contributed by atoms with Gasteiger partial charge in [-0.25, -0.2) is 0 Å². The van der Waals surface area contributed by atoms with Crippen LogP contribution in [-0.2, 0) is 6.61 Å². The standard InChI is InChI=1S/C24H21N3O2/c1-27(2)24(28)19-14-12-18(13-15-19)22-20-10-6-7-11-21(20)23(26-25-22)29-16-17-8-4-3-5-9-17/h3-15H,16H2,1-2H3. The molecule has 0 saturated heterocycles. The maximum atomic E-state index is 12.1. The fourth-order valence-electron chi connectivity index (χ4n) is 3.15. The molecular formula is C24H21N3O2. The SMILES string of the molecule is CN(C)C(=O)c1ccc(-c2nnc(OCc3ccccc3)c3ccccc23)cc1. The fraction of sp³-hybridized carbons (Fsp3) is 0.125. The van der Waals surface area contributed by atoms with Crippen LogP contribution in [0.25, 0.3) is 22.0 Å². The summed E-state index contributed by atoms with van der Waals surface area (Å²) in [5.41, 5.74) is 3.37. The molecule has 4 rings (SSSR count). The van der Waals surface area contributed by atoms with Gasteiger partial charge >= 0.3 is 0 Å². The van der Waals surface area contributed by atoms with Crippen LogP contribution in [0.5, 0.6) is 5.88 Å². The topological polar surface area (TPSA) is 55.3 Å². The van der Waals surface area contributed by atoms with Crippen molar-refractivity contribution < 1.29 is 9.53 Å². The van der Waals surface area contributed by atoms with Crippen LogP contribution < -0.4 is 4.74 Å². The molecule has 1 aromatic heterocycles. The van der Waals surface area contributed by atoms with Gasteiger partial charge in [0.05, 0.1) is 0 Å². The number of ether oxygens (including phenoxy) is 1. The molecule has 0 atom stereocenters. The number of nitrogens with zero attached hydrogens (tertiary/aromatic N) is 3. The molecule has 1 heterocycles. The third-order valence-corrected chi connectivity index (χ3v) is 4.68. The number of benzene rings is 3. The molecule has 0 aliphatic heterocycles. The Morgan fingerprint density at radius 1 is 0.828 bits per heavy atom. The van der Waals surface area contributed by atoms with E-state index in [9.17, 15) is 4.79 Å². The summed E-state index contributed by atoms with van der Waals surface area (Å²) in [7, 11) is 3.48. The molecule has 0 bridgehead atoms. The van der Waals surface area contributed by atoms with E-state index in [-0.39, 0.29) is 5.91 Å². The predicted octanol–water partition coefficient (Wildman–Crippen LogP) is 4.58. The van der Waals surface area contributed by atoms with Gasteiger partial charge in [-0.1, -0.05) is 60.7 Å². The molecule has 0 aliphatic carbocycles. The summed E-state index contributed by atoms with van der Waals surface area (Å²) in [6, 6.07) is 25.3. The Morgan fingerprint density at radius 3 is 2.17 bits per heavy atom. The molecular weight excluding hydrogens is 362 g/mol. The number of carbonyl (C=O) groups excluding carboxylic acids is 1. The maximum absolute atomic E-state index is 12.1. The smallest absolute Gasteiger partial charge is 0.253 e. The first-order valence-corrected chi connectivity index (χ1v) is 9.38. The lowest BCUT2D eigenvalue weighted by Crippen LogP contribution is -2.21. The second kappa shape index (κ2) is 8.10. The van der Waals surface area contributed by atoms with Gasteiger partial charge in [-0.2, -0.15) is 0 Å². The summed E-state index contributed by atoms with van der Waals surface area (Å²) in [5.74, 6) is 0.477. The van der Waals surface area contributed by atoms with Crippen molar-refractivity contribution in [1.29, 1.82) is 0 Å². The molecule has 0 unspecified atom stereocenters. The Bertz CT molecular complexity index is 1140. The highest BCUT2D eigenvalue weighted by molar-refractivity contribution is 5.98. The van der Waals surface area contributed by atoms with Crippen LogP contribution in [0.4, 0.5) is 0 Å². The number of hydrogen-bond donors (Lipinski definition) is 0. The van der Waals surface area contributed by atoms with Gasteiger partial charge in [0.25, 0.3) is 5.91 Å². The zero-order valence-electron chi connectivity index (χ0n) is 16.4. The summed E-state index contributed by atoms with van der Waals surface area (Å²) >= 11 is 0. The average molecular weight is 383 g/mol. The summed E-state index contributed by atoms with van der Waals surface area (Å²) in [5, 5.41) is 10.6. The van der Waals surface area contributed by atoms with Crippen molar-refractivity contribution in [2.75, 3.05) is 14.1 Å². The summed E-state index contributed by atoms with van der Waals surface area (Å²) < 4.78 is 5.95. The van der Waals surface area contributed by atoms with Gasteiger partial charge in [0, 0.05) is 36.0 Å². The number of fused-ring (bicyclic) bond motifs is 1. The van der Waals surface area contributed by atoms with E-state index in [0.717, 1.165) is 27.6 Å². The number of carbonyl (C=O) groups is 1. The highest BCUT2D eigenvalue weighted by Gasteiger charge is 2.13. The van der Waals surface area contributed by atoms with Crippen molar-refractivity contribution in [3.63, 3.8) is 0 Å². The molecule has 0 N–H and O–H groups in total. The first-order valence-electron chi connectivity index (χ1n) is 9.38. The maximum Gasteiger partial charge on any atom is 0.253 e. The molecule has 144 valence electrons. The first kappa shape index (κ1) is 18.6. The van der Waals surface area contributed by atoms with Crippen molar-refractivity contribution in [3.05, 3.63) is 90.0 Å². The minimum absolute atomic E-state index is 0.0304. The lowest BCUT2D eigenvalue weighted by atomic mass is 10.0.